The quantitative estimate of drug-likeness (QED) is 0.675. The van der Waals surface area contributed by atoms with Gasteiger partial charge in [0.25, 0.3) is 0 Å². The van der Waals surface area contributed by atoms with Crippen LogP contribution in [0.25, 0.3) is 21.5 Å². The fourth-order valence-corrected chi connectivity index (χ4v) is 3.66. The van der Waals surface area contributed by atoms with Gasteiger partial charge in [-0.3, -0.25) is 4.68 Å². The Morgan fingerprint density at radius 1 is 1.50 bits per heavy atom. The molecule has 0 atom stereocenters. The molecule has 3 aromatic heterocycles. The molecule has 4 rings (SSSR count). The molecule has 1 aliphatic rings. The van der Waals surface area contributed by atoms with Crippen molar-refractivity contribution in [3.63, 3.8) is 0 Å². The molecule has 0 amide bonds. The summed E-state index contributed by atoms with van der Waals surface area (Å²) in [4.78, 5) is 9.16. The van der Waals surface area contributed by atoms with Gasteiger partial charge in [-0.2, -0.15) is 10.4 Å². The summed E-state index contributed by atoms with van der Waals surface area (Å²) in [5.74, 6) is 0.460. The zero-order valence-corrected chi connectivity index (χ0v) is 14.8. The van der Waals surface area contributed by atoms with Crippen LogP contribution in [0, 0.1) is 11.3 Å². The van der Waals surface area contributed by atoms with Gasteiger partial charge in [-0.05, 0) is 17.5 Å². The van der Waals surface area contributed by atoms with Gasteiger partial charge >= 0.3 is 0 Å². The van der Waals surface area contributed by atoms with E-state index in [2.05, 4.69) is 39.6 Å². The van der Waals surface area contributed by atoms with E-state index in [9.17, 15) is 0 Å². The Bertz CT molecular complexity index is 1040. The number of hydrogen-bond acceptors (Lipinski definition) is 7. The number of allylic oxidation sites excluding steroid dienone is 1. The van der Waals surface area contributed by atoms with Crippen molar-refractivity contribution in [1.82, 2.24) is 19.7 Å². The van der Waals surface area contributed by atoms with E-state index in [0.717, 1.165) is 21.5 Å². The molecule has 0 aliphatic carbocycles. The number of nitrogens with zero attached hydrogens (tertiary/aromatic N) is 5. The van der Waals surface area contributed by atoms with Gasteiger partial charge in [0, 0.05) is 17.5 Å². The minimum atomic E-state index is -0.382. The predicted octanol–water partition coefficient (Wildman–Crippen LogP) is 3.31. The van der Waals surface area contributed by atoms with E-state index in [4.69, 9.17) is 10.00 Å². The number of thiophene rings is 1. The number of nitriles is 1. The maximum atomic E-state index is 9.12. The van der Waals surface area contributed by atoms with Gasteiger partial charge in [-0.15, -0.1) is 11.3 Å². The second kappa shape index (κ2) is 6.37. The molecule has 4 heterocycles. The lowest BCUT2D eigenvalue weighted by Gasteiger charge is -2.39. The van der Waals surface area contributed by atoms with Gasteiger partial charge < -0.3 is 10.1 Å². The first kappa shape index (κ1) is 16.4. The summed E-state index contributed by atoms with van der Waals surface area (Å²) in [5, 5.41) is 18.6. The van der Waals surface area contributed by atoms with E-state index in [1.165, 1.54) is 0 Å². The Kier molecular flexibility index (Phi) is 4.03. The number of rotatable bonds is 6. The molecule has 1 aliphatic heterocycles. The second-order valence-corrected chi connectivity index (χ2v) is 7.03. The summed E-state index contributed by atoms with van der Waals surface area (Å²) in [6.07, 6.45) is 5.66. The Labute approximate surface area is 154 Å². The first-order valence-corrected chi connectivity index (χ1v) is 8.87. The lowest BCUT2D eigenvalue weighted by atomic mass is 9.94. The largest absolute Gasteiger partial charge is 0.376 e. The van der Waals surface area contributed by atoms with E-state index < -0.39 is 0 Å². The summed E-state index contributed by atoms with van der Waals surface area (Å²) in [6.45, 7) is 8.52. The smallest absolute Gasteiger partial charge is 0.228 e. The number of anilines is 1. The summed E-state index contributed by atoms with van der Waals surface area (Å²) in [7, 11) is 0. The first-order chi connectivity index (χ1) is 12.6. The molecule has 0 unspecified atom stereocenters. The topological polar surface area (TPSA) is 88.7 Å². The van der Waals surface area contributed by atoms with Gasteiger partial charge in [0.05, 0.1) is 47.8 Å². The molecule has 0 saturated carbocycles. The number of fused-ring (bicyclic) bond motifs is 1. The van der Waals surface area contributed by atoms with Crippen molar-refractivity contribution in [3.8, 4) is 17.3 Å². The SMILES string of the molecule is C=CC(=C)Nc1nc(-c2cnn(C3(CC#N)COC3)c2)c2sccc2n1. The Balaban J connectivity index is 1.77. The third-order valence-corrected chi connectivity index (χ3v) is 5.22. The molecule has 130 valence electrons. The van der Waals surface area contributed by atoms with Crippen molar-refractivity contribution >= 4 is 27.5 Å². The zero-order chi connectivity index (χ0) is 18.1. The average Bonchev–Trinajstić information content (AvgIpc) is 3.26. The van der Waals surface area contributed by atoms with Crippen molar-refractivity contribution in [2.45, 2.75) is 12.0 Å². The first-order valence-electron chi connectivity index (χ1n) is 7.99. The predicted molar refractivity (Wildman–Crippen MR) is 101 cm³/mol. The third-order valence-electron chi connectivity index (χ3n) is 4.31. The Hall–Kier alpha value is -3.02. The van der Waals surface area contributed by atoms with E-state index in [0.29, 0.717) is 31.3 Å². The van der Waals surface area contributed by atoms with Crippen LogP contribution in [-0.4, -0.2) is 33.0 Å². The van der Waals surface area contributed by atoms with Crippen molar-refractivity contribution in [2.75, 3.05) is 18.5 Å². The highest BCUT2D eigenvalue weighted by Crippen LogP contribution is 2.34. The maximum absolute atomic E-state index is 9.12. The van der Waals surface area contributed by atoms with Gasteiger partial charge in [0.1, 0.15) is 5.54 Å². The molecule has 0 bridgehead atoms. The number of hydrogen-bond donors (Lipinski definition) is 1. The van der Waals surface area contributed by atoms with Crippen molar-refractivity contribution in [2.24, 2.45) is 0 Å². The second-order valence-electron chi connectivity index (χ2n) is 6.11. The number of nitrogens with one attached hydrogen (secondary N) is 1. The van der Waals surface area contributed by atoms with Crippen LogP contribution in [0.4, 0.5) is 5.95 Å². The van der Waals surface area contributed by atoms with Crippen LogP contribution in [-0.2, 0) is 10.3 Å². The fourth-order valence-electron chi connectivity index (χ4n) is 2.81. The van der Waals surface area contributed by atoms with Crippen LogP contribution in [0.5, 0.6) is 0 Å². The molecule has 8 heteroatoms. The third kappa shape index (κ3) is 2.67. The van der Waals surface area contributed by atoms with Crippen LogP contribution in [0.1, 0.15) is 6.42 Å². The molecule has 0 radical (unpaired) electrons. The lowest BCUT2D eigenvalue weighted by Crippen LogP contribution is -2.51. The summed E-state index contributed by atoms with van der Waals surface area (Å²) in [6, 6.07) is 4.18. The van der Waals surface area contributed by atoms with Crippen molar-refractivity contribution in [1.29, 1.82) is 5.26 Å². The lowest BCUT2D eigenvalue weighted by molar-refractivity contribution is -0.104. The molecular formula is C18H16N6OS. The highest BCUT2D eigenvalue weighted by molar-refractivity contribution is 7.17. The van der Waals surface area contributed by atoms with Crippen LogP contribution in [0.2, 0.25) is 0 Å². The Morgan fingerprint density at radius 2 is 2.35 bits per heavy atom. The summed E-state index contributed by atoms with van der Waals surface area (Å²) >= 11 is 1.58. The van der Waals surface area contributed by atoms with Crippen LogP contribution in [0.3, 0.4) is 0 Å². The molecule has 26 heavy (non-hydrogen) atoms. The molecule has 1 saturated heterocycles. The molecule has 7 nitrogen and oxygen atoms in total. The monoisotopic (exact) mass is 364 g/mol. The molecule has 1 fully saturated rings. The van der Waals surface area contributed by atoms with Crippen LogP contribution in [0.15, 0.2) is 48.8 Å². The molecule has 3 aromatic rings. The normalized spacial score (nSPS) is 15.2. The minimum absolute atomic E-state index is 0.359. The average molecular weight is 364 g/mol. The minimum Gasteiger partial charge on any atom is -0.376 e. The van der Waals surface area contributed by atoms with E-state index in [1.54, 1.807) is 23.6 Å². The van der Waals surface area contributed by atoms with E-state index in [1.807, 2.05) is 22.3 Å². The van der Waals surface area contributed by atoms with Crippen molar-refractivity contribution < 1.29 is 4.74 Å². The Morgan fingerprint density at radius 3 is 3.04 bits per heavy atom. The molecular weight excluding hydrogens is 348 g/mol. The summed E-state index contributed by atoms with van der Waals surface area (Å²) in [5.41, 5.74) is 2.76. The van der Waals surface area contributed by atoms with Gasteiger partial charge in [0.2, 0.25) is 5.95 Å². The highest BCUT2D eigenvalue weighted by Gasteiger charge is 2.41. The van der Waals surface area contributed by atoms with E-state index >= 15 is 0 Å². The molecule has 1 N–H and O–H groups in total. The highest BCUT2D eigenvalue weighted by atomic mass is 32.1. The zero-order valence-electron chi connectivity index (χ0n) is 14.0. The fraction of sp³-hybridized carbons (Fsp3) is 0.222. The number of ether oxygens (including phenoxy) is 1. The van der Waals surface area contributed by atoms with Gasteiger partial charge in [-0.1, -0.05) is 13.2 Å². The van der Waals surface area contributed by atoms with Gasteiger partial charge in [-0.25, -0.2) is 9.97 Å². The standard InChI is InChI=1S/C18H16N6OS/c1-3-12(2)21-17-22-14-4-7-26-16(14)15(23-17)13-8-20-24(9-13)18(5-6-19)10-25-11-18/h3-4,7-9H,1-2,5,10-11H2,(H,21,22,23). The van der Waals surface area contributed by atoms with Crippen LogP contribution >= 0.6 is 11.3 Å². The molecule has 0 spiro atoms. The maximum Gasteiger partial charge on any atom is 0.228 e. The van der Waals surface area contributed by atoms with E-state index in [-0.39, 0.29) is 5.54 Å². The number of aromatic nitrogens is 4. The van der Waals surface area contributed by atoms with Gasteiger partial charge in [0.15, 0.2) is 0 Å². The van der Waals surface area contributed by atoms with Crippen LogP contribution < -0.4 is 5.32 Å². The summed E-state index contributed by atoms with van der Waals surface area (Å²) < 4.78 is 8.14. The van der Waals surface area contributed by atoms with Crippen molar-refractivity contribution in [3.05, 3.63) is 48.8 Å². The molecule has 0 aromatic carbocycles.